The van der Waals surface area contributed by atoms with Gasteiger partial charge < -0.3 is 5.32 Å². The number of carbonyl (C=O) groups excluding carboxylic acids is 1. The lowest BCUT2D eigenvalue weighted by atomic mass is 9.77. The number of rotatable bonds is 5. The Morgan fingerprint density at radius 2 is 1.89 bits per heavy atom. The van der Waals surface area contributed by atoms with E-state index in [1.807, 2.05) is 0 Å². The van der Waals surface area contributed by atoms with Crippen molar-refractivity contribution >= 4 is 15.6 Å². The van der Waals surface area contributed by atoms with Gasteiger partial charge in [0.05, 0.1) is 11.8 Å². The molecule has 19 heavy (non-hydrogen) atoms. The van der Waals surface area contributed by atoms with Gasteiger partial charge in [-0.15, -0.1) is 0 Å². The van der Waals surface area contributed by atoms with Gasteiger partial charge in [0.15, 0.2) is 0 Å². The first-order chi connectivity index (χ1) is 8.96. The summed E-state index contributed by atoms with van der Waals surface area (Å²) in [7, 11) is -2.94. The standard InChI is InChI=1S/C14H25NO3S/c1-19(17,18)10-4-7-14(16)13-9-8-11-5-2-3-6-12(11)15-13/h11-13,15H,2-10H2,1H3. The number of fused-ring (bicyclic) bond motifs is 1. The summed E-state index contributed by atoms with van der Waals surface area (Å²) < 4.78 is 22.1. The molecule has 3 unspecified atom stereocenters. The SMILES string of the molecule is CS(=O)(=O)CCCC(=O)C1CCC2CCCCC2N1. The zero-order chi connectivity index (χ0) is 13.9. The number of hydrogen-bond acceptors (Lipinski definition) is 4. The van der Waals surface area contributed by atoms with Gasteiger partial charge in [0, 0.05) is 18.7 Å². The van der Waals surface area contributed by atoms with Gasteiger partial charge in [-0.3, -0.25) is 4.79 Å². The van der Waals surface area contributed by atoms with E-state index >= 15 is 0 Å². The highest BCUT2D eigenvalue weighted by atomic mass is 32.2. The van der Waals surface area contributed by atoms with E-state index in [-0.39, 0.29) is 17.6 Å². The minimum absolute atomic E-state index is 0.0288. The molecule has 0 radical (unpaired) electrons. The molecular weight excluding hydrogens is 262 g/mol. The van der Waals surface area contributed by atoms with Crippen LogP contribution >= 0.6 is 0 Å². The second-order valence-electron chi connectivity index (χ2n) is 6.15. The van der Waals surface area contributed by atoms with Crippen molar-refractivity contribution in [2.45, 2.75) is 63.5 Å². The molecule has 2 aliphatic rings. The van der Waals surface area contributed by atoms with Gasteiger partial charge in [-0.25, -0.2) is 8.42 Å². The van der Waals surface area contributed by atoms with Gasteiger partial charge in [0.1, 0.15) is 15.6 Å². The molecule has 0 bridgehead atoms. The molecule has 0 aromatic rings. The molecule has 5 heteroatoms. The molecule has 0 spiro atoms. The summed E-state index contributed by atoms with van der Waals surface area (Å²) in [6.45, 7) is 0. The quantitative estimate of drug-likeness (QED) is 0.836. The Kier molecular flexibility index (Phi) is 5.01. The molecule has 110 valence electrons. The molecule has 0 aromatic heterocycles. The third-order valence-electron chi connectivity index (χ3n) is 4.48. The second kappa shape index (κ2) is 6.35. The van der Waals surface area contributed by atoms with E-state index in [0.29, 0.717) is 18.9 Å². The summed E-state index contributed by atoms with van der Waals surface area (Å²) >= 11 is 0. The molecule has 3 atom stereocenters. The van der Waals surface area contributed by atoms with Gasteiger partial charge in [-0.05, 0) is 38.0 Å². The van der Waals surface area contributed by atoms with E-state index in [4.69, 9.17) is 0 Å². The van der Waals surface area contributed by atoms with Crippen LogP contribution in [0.5, 0.6) is 0 Å². The van der Waals surface area contributed by atoms with Crippen molar-refractivity contribution in [2.24, 2.45) is 5.92 Å². The summed E-state index contributed by atoms with van der Waals surface area (Å²) in [5.41, 5.74) is 0. The highest BCUT2D eigenvalue weighted by Crippen LogP contribution is 2.32. The van der Waals surface area contributed by atoms with E-state index in [1.165, 1.54) is 31.9 Å². The molecule has 1 aliphatic heterocycles. The van der Waals surface area contributed by atoms with Gasteiger partial charge >= 0.3 is 0 Å². The zero-order valence-electron chi connectivity index (χ0n) is 11.7. The smallest absolute Gasteiger partial charge is 0.149 e. The molecule has 4 nitrogen and oxygen atoms in total. The minimum atomic E-state index is -2.94. The minimum Gasteiger partial charge on any atom is -0.304 e. The summed E-state index contributed by atoms with van der Waals surface area (Å²) in [6, 6.07) is 0.491. The second-order valence-corrected chi connectivity index (χ2v) is 8.41. The molecule has 1 aliphatic carbocycles. The van der Waals surface area contributed by atoms with Crippen LogP contribution in [-0.2, 0) is 14.6 Å². The maximum atomic E-state index is 12.1. The molecule has 1 N–H and O–H groups in total. The third-order valence-corrected chi connectivity index (χ3v) is 5.51. The number of hydrogen-bond donors (Lipinski definition) is 1. The number of Topliss-reactive ketones (excluding diaryl/α,β-unsaturated/α-hetero) is 1. The Hall–Kier alpha value is -0.420. The average Bonchev–Trinajstić information content (AvgIpc) is 2.36. The van der Waals surface area contributed by atoms with Crippen LogP contribution in [0.2, 0.25) is 0 Å². The van der Waals surface area contributed by atoms with Crippen molar-refractivity contribution in [1.82, 2.24) is 5.32 Å². The van der Waals surface area contributed by atoms with Gasteiger partial charge in [-0.1, -0.05) is 12.8 Å². The Balaban J connectivity index is 1.77. The van der Waals surface area contributed by atoms with Crippen LogP contribution < -0.4 is 5.32 Å². The maximum Gasteiger partial charge on any atom is 0.149 e. The third kappa shape index (κ3) is 4.56. The van der Waals surface area contributed by atoms with Gasteiger partial charge in [0.2, 0.25) is 0 Å². The van der Waals surface area contributed by atoms with Gasteiger partial charge in [0.25, 0.3) is 0 Å². The predicted octanol–water partition coefficient (Wildman–Crippen LogP) is 1.69. The van der Waals surface area contributed by atoms with Crippen LogP contribution in [0.4, 0.5) is 0 Å². The molecule has 1 heterocycles. The van der Waals surface area contributed by atoms with E-state index in [9.17, 15) is 13.2 Å². The van der Waals surface area contributed by atoms with E-state index in [2.05, 4.69) is 5.32 Å². The van der Waals surface area contributed by atoms with Crippen molar-refractivity contribution in [2.75, 3.05) is 12.0 Å². The Morgan fingerprint density at radius 3 is 2.63 bits per heavy atom. The molecule has 1 saturated carbocycles. The number of piperidine rings is 1. The highest BCUT2D eigenvalue weighted by molar-refractivity contribution is 7.90. The van der Waals surface area contributed by atoms with Crippen LogP contribution in [-0.4, -0.2) is 38.3 Å². The van der Waals surface area contributed by atoms with E-state index < -0.39 is 9.84 Å². The van der Waals surface area contributed by atoms with Crippen LogP contribution in [0.3, 0.4) is 0 Å². The normalized spacial score (nSPS) is 31.7. The number of nitrogens with one attached hydrogen (secondary N) is 1. The van der Waals surface area contributed by atoms with Crippen LogP contribution in [0.1, 0.15) is 51.4 Å². The van der Waals surface area contributed by atoms with Crippen molar-refractivity contribution in [3.8, 4) is 0 Å². The Bertz CT molecular complexity index is 418. The van der Waals surface area contributed by atoms with Gasteiger partial charge in [-0.2, -0.15) is 0 Å². The van der Waals surface area contributed by atoms with Crippen LogP contribution in [0.25, 0.3) is 0 Å². The lowest BCUT2D eigenvalue weighted by molar-refractivity contribution is -0.122. The maximum absolute atomic E-state index is 12.1. The lowest BCUT2D eigenvalue weighted by Gasteiger charge is -2.40. The fourth-order valence-electron chi connectivity index (χ4n) is 3.43. The topological polar surface area (TPSA) is 63.2 Å². The first kappa shape index (κ1) is 15.0. The molecule has 1 saturated heterocycles. The summed E-state index contributed by atoms with van der Waals surface area (Å²) in [6.07, 6.45) is 9.25. The molecular formula is C14H25NO3S. The Labute approximate surface area is 116 Å². The van der Waals surface area contributed by atoms with Crippen molar-refractivity contribution in [3.05, 3.63) is 0 Å². The zero-order valence-corrected chi connectivity index (χ0v) is 12.5. The monoisotopic (exact) mass is 287 g/mol. The summed E-state index contributed by atoms with van der Waals surface area (Å²) in [5.74, 6) is 1.08. The number of ketones is 1. The lowest BCUT2D eigenvalue weighted by Crippen LogP contribution is -2.52. The van der Waals surface area contributed by atoms with E-state index in [1.54, 1.807) is 0 Å². The number of sulfone groups is 1. The molecule has 0 aromatic carbocycles. The van der Waals surface area contributed by atoms with Crippen LogP contribution in [0.15, 0.2) is 0 Å². The van der Waals surface area contributed by atoms with Crippen LogP contribution in [0, 0.1) is 5.92 Å². The fraction of sp³-hybridized carbons (Fsp3) is 0.929. The molecule has 0 amide bonds. The largest absolute Gasteiger partial charge is 0.304 e. The average molecular weight is 287 g/mol. The molecule has 2 fully saturated rings. The van der Waals surface area contributed by atoms with Crippen molar-refractivity contribution < 1.29 is 13.2 Å². The first-order valence-electron chi connectivity index (χ1n) is 7.42. The summed E-state index contributed by atoms with van der Waals surface area (Å²) in [5, 5.41) is 3.50. The fourth-order valence-corrected chi connectivity index (χ4v) is 4.10. The Morgan fingerprint density at radius 1 is 1.16 bits per heavy atom. The first-order valence-corrected chi connectivity index (χ1v) is 9.48. The van der Waals surface area contributed by atoms with Crippen molar-refractivity contribution in [1.29, 1.82) is 0 Å². The highest BCUT2D eigenvalue weighted by Gasteiger charge is 2.33. The molecule has 2 rings (SSSR count). The number of carbonyl (C=O) groups is 1. The van der Waals surface area contributed by atoms with Crippen molar-refractivity contribution in [3.63, 3.8) is 0 Å². The summed E-state index contributed by atoms with van der Waals surface area (Å²) in [4.78, 5) is 12.1. The van der Waals surface area contributed by atoms with E-state index in [0.717, 1.165) is 18.8 Å². The predicted molar refractivity (Wildman–Crippen MR) is 75.9 cm³/mol.